The fourth-order valence-electron chi connectivity index (χ4n) is 3.13. The Balaban J connectivity index is 1.41. The molecule has 148 valence electrons. The average Bonchev–Trinajstić information content (AvgIpc) is 2.79. The molecule has 0 unspecified atom stereocenters. The van der Waals surface area contributed by atoms with E-state index in [1.165, 1.54) is 0 Å². The Hall–Kier alpha value is -4.12. The van der Waals surface area contributed by atoms with Gasteiger partial charge in [0, 0.05) is 5.56 Å². The van der Waals surface area contributed by atoms with E-state index in [1.807, 2.05) is 78.9 Å². The minimum absolute atomic E-state index is 0.0332. The van der Waals surface area contributed by atoms with Crippen molar-refractivity contribution in [2.45, 2.75) is 6.61 Å². The number of carbonyl (C=O) groups is 1. The minimum atomic E-state index is -0.295. The second kappa shape index (κ2) is 8.92. The Bertz CT molecular complexity index is 1180. The molecule has 0 radical (unpaired) electrons. The van der Waals surface area contributed by atoms with Gasteiger partial charge >= 0.3 is 0 Å². The van der Waals surface area contributed by atoms with Crippen molar-refractivity contribution >= 4 is 28.3 Å². The van der Waals surface area contributed by atoms with Crippen LogP contribution in [-0.2, 0) is 6.61 Å². The van der Waals surface area contributed by atoms with Crippen LogP contribution in [0.5, 0.6) is 5.75 Å². The first-order valence-electron chi connectivity index (χ1n) is 9.59. The zero-order chi connectivity index (χ0) is 20.8. The number of fused-ring (bicyclic) bond motifs is 1. The fraction of sp³-hybridized carbons (Fsp3) is 0.0400. The summed E-state index contributed by atoms with van der Waals surface area (Å²) in [7, 11) is 0. The Morgan fingerprint density at radius 3 is 2.33 bits per heavy atom. The molecule has 0 heterocycles. The van der Waals surface area contributed by atoms with Crippen LogP contribution in [0.15, 0.2) is 102 Å². The minimum Gasteiger partial charge on any atom is -0.489 e. The molecular formula is C25H21N3O2. The summed E-state index contributed by atoms with van der Waals surface area (Å²) >= 11 is 0. The van der Waals surface area contributed by atoms with Gasteiger partial charge in [-0.3, -0.25) is 10.1 Å². The molecule has 0 bridgehead atoms. The van der Waals surface area contributed by atoms with E-state index in [4.69, 9.17) is 10.5 Å². The average molecular weight is 395 g/mol. The van der Waals surface area contributed by atoms with Crippen molar-refractivity contribution in [3.05, 3.63) is 108 Å². The molecule has 0 aliphatic rings. The molecule has 0 saturated carbocycles. The highest BCUT2D eigenvalue weighted by molar-refractivity contribution is 6.12. The Kier molecular flexibility index (Phi) is 5.71. The number of nitrogens with two attached hydrogens (primary N) is 1. The van der Waals surface area contributed by atoms with Crippen LogP contribution in [0, 0.1) is 0 Å². The highest BCUT2D eigenvalue weighted by Gasteiger charge is 2.10. The third-order valence-electron chi connectivity index (χ3n) is 4.61. The summed E-state index contributed by atoms with van der Waals surface area (Å²) in [5.74, 6) is 0.470. The van der Waals surface area contributed by atoms with Crippen LogP contribution in [0.1, 0.15) is 15.9 Å². The second-order valence-corrected chi connectivity index (χ2v) is 6.75. The summed E-state index contributed by atoms with van der Waals surface area (Å²) in [4.78, 5) is 16.9. The zero-order valence-electron chi connectivity index (χ0n) is 16.3. The zero-order valence-corrected chi connectivity index (χ0v) is 16.3. The first-order valence-corrected chi connectivity index (χ1v) is 9.59. The van der Waals surface area contributed by atoms with Gasteiger partial charge in [0.05, 0.1) is 5.69 Å². The van der Waals surface area contributed by atoms with Gasteiger partial charge in [0.15, 0.2) is 0 Å². The van der Waals surface area contributed by atoms with Crippen LogP contribution in [0.3, 0.4) is 0 Å². The van der Waals surface area contributed by atoms with Crippen LogP contribution in [0.25, 0.3) is 10.8 Å². The number of aliphatic imine (C=N–C) groups is 1. The summed E-state index contributed by atoms with van der Waals surface area (Å²) in [5, 5.41) is 4.51. The number of hydrogen-bond acceptors (Lipinski definition) is 3. The number of benzene rings is 4. The number of nitrogens with one attached hydrogen (secondary N) is 1. The van der Waals surface area contributed by atoms with Gasteiger partial charge in [0.2, 0.25) is 5.96 Å². The topological polar surface area (TPSA) is 76.7 Å². The number of amides is 1. The summed E-state index contributed by atoms with van der Waals surface area (Å²) in [6.45, 7) is 0.493. The van der Waals surface area contributed by atoms with Crippen LogP contribution in [-0.4, -0.2) is 11.9 Å². The molecule has 5 heteroatoms. The van der Waals surface area contributed by atoms with E-state index in [2.05, 4.69) is 10.3 Å². The number of carbonyl (C=O) groups excluding carboxylic acids is 1. The molecule has 0 fully saturated rings. The van der Waals surface area contributed by atoms with Crippen LogP contribution in [0.2, 0.25) is 0 Å². The quantitative estimate of drug-likeness (QED) is 0.377. The Labute approximate surface area is 174 Å². The molecule has 0 aromatic heterocycles. The van der Waals surface area contributed by atoms with Gasteiger partial charge in [-0.2, -0.15) is 0 Å². The summed E-state index contributed by atoms with van der Waals surface area (Å²) in [6, 6.07) is 30.5. The Morgan fingerprint density at radius 2 is 1.53 bits per heavy atom. The largest absolute Gasteiger partial charge is 0.489 e. The molecule has 0 aliphatic carbocycles. The van der Waals surface area contributed by atoms with Crippen LogP contribution >= 0.6 is 0 Å². The molecule has 4 aromatic carbocycles. The van der Waals surface area contributed by atoms with Crippen LogP contribution in [0.4, 0.5) is 5.69 Å². The van der Waals surface area contributed by atoms with Crippen molar-refractivity contribution in [2.75, 3.05) is 0 Å². The molecule has 0 atom stereocenters. The molecule has 1 amide bonds. The van der Waals surface area contributed by atoms with E-state index in [9.17, 15) is 4.79 Å². The smallest absolute Gasteiger partial charge is 0.258 e. The van der Waals surface area contributed by atoms with Gasteiger partial charge in [0.1, 0.15) is 12.4 Å². The van der Waals surface area contributed by atoms with E-state index < -0.39 is 0 Å². The van der Waals surface area contributed by atoms with Gasteiger partial charge in [-0.1, -0.05) is 66.7 Å². The second-order valence-electron chi connectivity index (χ2n) is 6.75. The lowest BCUT2D eigenvalue weighted by molar-refractivity contribution is 0.0978. The van der Waals surface area contributed by atoms with Crippen molar-refractivity contribution in [2.24, 2.45) is 10.7 Å². The van der Waals surface area contributed by atoms with Gasteiger partial charge in [0.25, 0.3) is 5.91 Å². The maximum absolute atomic E-state index is 12.6. The predicted octanol–water partition coefficient (Wildman–Crippen LogP) is 4.80. The first-order chi connectivity index (χ1) is 14.7. The van der Waals surface area contributed by atoms with E-state index in [0.717, 1.165) is 22.1 Å². The first kappa shape index (κ1) is 19.2. The van der Waals surface area contributed by atoms with E-state index in [-0.39, 0.29) is 11.9 Å². The summed E-state index contributed by atoms with van der Waals surface area (Å²) in [5.41, 5.74) is 8.22. The molecular weight excluding hydrogens is 374 g/mol. The third kappa shape index (κ3) is 4.64. The van der Waals surface area contributed by atoms with Crippen molar-refractivity contribution in [1.82, 2.24) is 5.32 Å². The normalized spacial score (nSPS) is 11.3. The summed E-state index contributed by atoms with van der Waals surface area (Å²) in [6.07, 6.45) is 0. The monoisotopic (exact) mass is 395 g/mol. The SMILES string of the molecule is NC(=Nc1ccc(OCc2ccccc2)cc1)NC(=O)c1cccc2ccccc12. The van der Waals surface area contributed by atoms with Crippen molar-refractivity contribution in [1.29, 1.82) is 0 Å². The molecule has 0 spiro atoms. The number of ether oxygens (including phenoxy) is 1. The number of hydrogen-bond donors (Lipinski definition) is 2. The maximum Gasteiger partial charge on any atom is 0.258 e. The maximum atomic E-state index is 12.6. The standard InChI is InChI=1S/C25H21N3O2/c26-25(28-24(29)23-12-6-10-19-9-4-5-11-22(19)23)27-20-13-15-21(16-14-20)30-17-18-7-2-1-3-8-18/h1-16H,17H2,(H3,26,27,28,29). The van der Waals surface area contributed by atoms with E-state index in [0.29, 0.717) is 17.9 Å². The molecule has 0 saturated heterocycles. The van der Waals surface area contributed by atoms with E-state index in [1.54, 1.807) is 18.2 Å². The van der Waals surface area contributed by atoms with E-state index >= 15 is 0 Å². The molecule has 4 rings (SSSR count). The molecule has 30 heavy (non-hydrogen) atoms. The van der Waals surface area contributed by atoms with Gasteiger partial charge < -0.3 is 10.5 Å². The van der Waals surface area contributed by atoms with Crippen LogP contribution < -0.4 is 15.8 Å². The number of rotatable bonds is 5. The molecule has 4 aromatic rings. The lowest BCUT2D eigenvalue weighted by Gasteiger charge is -2.08. The molecule has 0 aliphatic heterocycles. The number of nitrogens with zero attached hydrogens (tertiary/aromatic N) is 1. The Morgan fingerprint density at radius 1 is 0.833 bits per heavy atom. The number of guanidine groups is 1. The lowest BCUT2D eigenvalue weighted by Crippen LogP contribution is -2.36. The lowest BCUT2D eigenvalue weighted by atomic mass is 10.0. The van der Waals surface area contributed by atoms with Gasteiger partial charge in [-0.05, 0) is 46.7 Å². The summed E-state index contributed by atoms with van der Waals surface area (Å²) < 4.78 is 5.77. The molecule has 5 nitrogen and oxygen atoms in total. The highest BCUT2D eigenvalue weighted by atomic mass is 16.5. The van der Waals surface area contributed by atoms with Gasteiger partial charge in [-0.25, -0.2) is 4.99 Å². The van der Waals surface area contributed by atoms with Crippen molar-refractivity contribution in [3.8, 4) is 5.75 Å². The third-order valence-corrected chi connectivity index (χ3v) is 4.61. The van der Waals surface area contributed by atoms with Gasteiger partial charge in [-0.15, -0.1) is 0 Å². The molecule has 3 N–H and O–H groups in total. The predicted molar refractivity (Wildman–Crippen MR) is 120 cm³/mol. The highest BCUT2D eigenvalue weighted by Crippen LogP contribution is 2.20. The van der Waals surface area contributed by atoms with Crippen molar-refractivity contribution < 1.29 is 9.53 Å². The fourth-order valence-corrected chi connectivity index (χ4v) is 3.13. The van der Waals surface area contributed by atoms with Crippen molar-refractivity contribution in [3.63, 3.8) is 0 Å².